The van der Waals surface area contributed by atoms with Crippen LogP contribution in [0, 0.1) is 0 Å². The average molecular weight is 215 g/mol. The van der Waals surface area contributed by atoms with Gasteiger partial charge in [0, 0.05) is 5.56 Å². The second-order valence-corrected chi connectivity index (χ2v) is 4.96. The number of hydrogen-bond acceptors (Lipinski definition) is 2. The van der Waals surface area contributed by atoms with Gasteiger partial charge < -0.3 is 5.73 Å². The van der Waals surface area contributed by atoms with Crippen molar-refractivity contribution in [1.82, 2.24) is 4.72 Å². The lowest BCUT2D eigenvalue weighted by Crippen LogP contribution is -2.47. The van der Waals surface area contributed by atoms with Crippen molar-refractivity contribution in [3.8, 4) is 0 Å². The third-order valence-corrected chi connectivity index (χ3v) is 3.31. The number of sulfonamides is 1. The van der Waals surface area contributed by atoms with Crippen molar-refractivity contribution in [3.05, 3.63) is 35.4 Å². The summed E-state index contributed by atoms with van der Waals surface area (Å²) in [5.74, 6) is 0.0287. The number of quaternary nitrogens is 1. The van der Waals surface area contributed by atoms with Gasteiger partial charge in [0.05, 0.1) is 12.3 Å². The van der Waals surface area contributed by atoms with Gasteiger partial charge in [0.2, 0.25) is 10.0 Å². The van der Waals surface area contributed by atoms with Crippen LogP contribution in [0.15, 0.2) is 24.3 Å². The van der Waals surface area contributed by atoms with Crippen LogP contribution in [0.5, 0.6) is 0 Å². The highest BCUT2D eigenvalue weighted by Crippen LogP contribution is 2.06. The molecule has 78 valence electrons. The fraction of sp³-hybridized carbons (Fsp3) is 0.333. The van der Waals surface area contributed by atoms with Gasteiger partial charge in [-0.25, -0.2) is 13.1 Å². The Morgan fingerprint density at radius 3 is 2.14 bits per heavy atom. The Bertz CT molecular complexity index is 384. The first-order valence-corrected chi connectivity index (χ1v) is 6.01. The van der Waals surface area contributed by atoms with Crippen LogP contribution in [0.4, 0.5) is 0 Å². The number of benzene rings is 1. The van der Waals surface area contributed by atoms with E-state index in [1.165, 1.54) is 7.05 Å². The number of hydrogen-bond donors (Lipinski definition) is 2. The summed E-state index contributed by atoms with van der Waals surface area (Å²) in [6.07, 6.45) is 0. The van der Waals surface area contributed by atoms with E-state index in [1.807, 2.05) is 24.3 Å². The molecule has 1 rings (SSSR count). The highest BCUT2D eigenvalue weighted by atomic mass is 32.2. The Morgan fingerprint density at radius 1 is 1.21 bits per heavy atom. The summed E-state index contributed by atoms with van der Waals surface area (Å²) in [4.78, 5) is 0. The maximum Gasteiger partial charge on any atom is 0.215 e. The van der Waals surface area contributed by atoms with Gasteiger partial charge >= 0.3 is 0 Å². The fourth-order valence-electron chi connectivity index (χ4n) is 1.09. The monoisotopic (exact) mass is 215 g/mol. The van der Waals surface area contributed by atoms with Gasteiger partial charge in [-0.2, -0.15) is 0 Å². The van der Waals surface area contributed by atoms with Gasteiger partial charge in [0.25, 0.3) is 0 Å². The minimum Gasteiger partial charge on any atom is -0.354 e. The molecule has 0 atom stereocenters. The molecule has 0 aliphatic carbocycles. The maximum atomic E-state index is 11.2. The molecule has 1 aromatic rings. The molecule has 0 amide bonds. The first-order valence-electron chi connectivity index (χ1n) is 4.35. The molecule has 5 heteroatoms. The largest absolute Gasteiger partial charge is 0.354 e. The third kappa shape index (κ3) is 3.10. The molecule has 0 aliphatic heterocycles. The van der Waals surface area contributed by atoms with Crippen molar-refractivity contribution >= 4 is 10.0 Å². The predicted octanol–water partition coefficient (Wildman–Crippen LogP) is -0.522. The quantitative estimate of drug-likeness (QED) is 0.709. The van der Waals surface area contributed by atoms with E-state index < -0.39 is 10.0 Å². The Hall–Kier alpha value is -0.910. The second kappa shape index (κ2) is 4.54. The molecule has 0 aliphatic rings. The van der Waals surface area contributed by atoms with E-state index in [-0.39, 0.29) is 5.75 Å². The van der Waals surface area contributed by atoms with Gasteiger partial charge in [-0.15, -0.1) is 0 Å². The highest BCUT2D eigenvalue weighted by Gasteiger charge is 2.07. The molecule has 0 bridgehead atoms. The molecule has 0 saturated heterocycles. The Balaban J connectivity index is 2.79. The van der Waals surface area contributed by atoms with E-state index in [0.29, 0.717) is 0 Å². The minimum absolute atomic E-state index is 0.0287. The highest BCUT2D eigenvalue weighted by molar-refractivity contribution is 7.88. The van der Waals surface area contributed by atoms with E-state index in [2.05, 4.69) is 10.5 Å². The van der Waals surface area contributed by atoms with Crippen LogP contribution in [0.3, 0.4) is 0 Å². The normalized spacial score (nSPS) is 11.6. The van der Waals surface area contributed by atoms with Crippen LogP contribution < -0.4 is 10.5 Å². The zero-order valence-corrected chi connectivity index (χ0v) is 8.97. The maximum absolute atomic E-state index is 11.2. The van der Waals surface area contributed by atoms with Crippen LogP contribution in [-0.4, -0.2) is 15.5 Å². The van der Waals surface area contributed by atoms with Gasteiger partial charge in [0.1, 0.15) is 0 Å². The molecule has 4 N–H and O–H groups in total. The summed E-state index contributed by atoms with van der Waals surface area (Å²) < 4.78 is 24.7. The van der Waals surface area contributed by atoms with Crippen molar-refractivity contribution in [2.45, 2.75) is 12.3 Å². The SMILES string of the molecule is CNS(=O)(=O)Cc1ccc(C[NH3+])cc1. The zero-order valence-electron chi connectivity index (χ0n) is 8.16. The van der Waals surface area contributed by atoms with E-state index >= 15 is 0 Å². The van der Waals surface area contributed by atoms with Crippen LogP contribution >= 0.6 is 0 Å². The Kier molecular flexibility index (Phi) is 3.62. The second-order valence-electron chi connectivity index (χ2n) is 3.03. The van der Waals surface area contributed by atoms with Crippen molar-refractivity contribution in [3.63, 3.8) is 0 Å². The minimum atomic E-state index is -3.16. The van der Waals surface area contributed by atoms with E-state index in [9.17, 15) is 8.42 Å². The summed E-state index contributed by atoms with van der Waals surface area (Å²) >= 11 is 0. The lowest BCUT2D eigenvalue weighted by Gasteiger charge is -2.02. The molecule has 0 radical (unpaired) electrons. The van der Waals surface area contributed by atoms with Crippen LogP contribution in [0.1, 0.15) is 11.1 Å². The molecular formula is C9H15N2O2S+. The average Bonchev–Trinajstić information content (AvgIpc) is 2.19. The van der Waals surface area contributed by atoms with Crippen molar-refractivity contribution in [2.24, 2.45) is 0 Å². The van der Waals surface area contributed by atoms with Gasteiger partial charge in [-0.1, -0.05) is 24.3 Å². The standard InChI is InChI=1S/C9H14N2O2S/c1-11-14(12,13)7-9-4-2-8(6-10)3-5-9/h2-5,11H,6-7,10H2,1H3/p+1. The molecule has 0 heterocycles. The smallest absolute Gasteiger partial charge is 0.215 e. The Morgan fingerprint density at radius 2 is 1.71 bits per heavy atom. The number of rotatable bonds is 4. The molecule has 14 heavy (non-hydrogen) atoms. The first kappa shape index (κ1) is 11.2. The van der Waals surface area contributed by atoms with Gasteiger partial charge in [-0.3, -0.25) is 0 Å². The van der Waals surface area contributed by atoms with Crippen molar-refractivity contribution < 1.29 is 14.2 Å². The van der Waals surface area contributed by atoms with Crippen LogP contribution in [0.2, 0.25) is 0 Å². The van der Waals surface area contributed by atoms with E-state index in [0.717, 1.165) is 17.7 Å². The van der Waals surface area contributed by atoms with Gasteiger partial charge in [0.15, 0.2) is 0 Å². The predicted molar refractivity (Wildman–Crippen MR) is 54.7 cm³/mol. The molecule has 1 aromatic carbocycles. The summed E-state index contributed by atoms with van der Waals surface area (Å²) in [6.45, 7) is 0.721. The molecule has 0 unspecified atom stereocenters. The van der Waals surface area contributed by atoms with E-state index in [4.69, 9.17) is 0 Å². The summed E-state index contributed by atoms with van der Waals surface area (Å²) in [7, 11) is -1.74. The Labute approximate surface area is 84.2 Å². The van der Waals surface area contributed by atoms with Crippen molar-refractivity contribution in [1.29, 1.82) is 0 Å². The molecule has 0 fully saturated rings. The lowest BCUT2D eigenvalue weighted by molar-refractivity contribution is -0.386. The molecule has 4 nitrogen and oxygen atoms in total. The van der Waals surface area contributed by atoms with E-state index in [1.54, 1.807) is 0 Å². The lowest BCUT2D eigenvalue weighted by atomic mass is 10.1. The summed E-state index contributed by atoms with van der Waals surface area (Å²) in [5, 5.41) is 0. The zero-order chi connectivity index (χ0) is 10.6. The molecule has 0 aromatic heterocycles. The topological polar surface area (TPSA) is 73.8 Å². The number of nitrogens with one attached hydrogen (secondary N) is 1. The van der Waals surface area contributed by atoms with Gasteiger partial charge in [-0.05, 0) is 12.6 Å². The van der Waals surface area contributed by atoms with Crippen LogP contribution in [-0.2, 0) is 22.3 Å². The summed E-state index contributed by atoms with van der Waals surface area (Å²) in [5.41, 5.74) is 5.64. The molecule has 0 saturated carbocycles. The summed E-state index contributed by atoms with van der Waals surface area (Å²) in [6, 6.07) is 7.42. The first-order chi connectivity index (χ1) is 6.57. The third-order valence-electron chi connectivity index (χ3n) is 1.98. The molecule has 0 spiro atoms. The van der Waals surface area contributed by atoms with Crippen LogP contribution in [0.25, 0.3) is 0 Å². The molecular weight excluding hydrogens is 200 g/mol. The van der Waals surface area contributed by atoms with Crippen molar-refractivity contribution in [2.75, 3.05) is 7.05 Å². The fourth-order valence-corrected chi connectivity index (χ4v) is 1.87.